The van der Waals surface area contributed by atoms with Crippen LogP contribution in [0.5, 0.6) is 0 Å². The van der Waals surface area contributed by atoms with E-state index in [0.717, 1.165) is 5.56 Å². The van der Waals surface area contributed by atoms with Crippen molar-refractivity contribution >= 4 is 18.0 Å². The van der Waals surface area contributed by atoms with Gasteiger partial charge in [-0.2, -0.15) is 0 Å². The molecule has 1 aromatic carbocycles. The van der Waals surface area contributed by atoms with Crippen LogP contribution in [-0.2, 0) is 25.7 Å². The van der Waals surface area contributed by atoms with E-state index in [2.05, 4.69) is 0 Å². The van der Waals surface area contributed by atoms with E-state index in [0.29, 0.717) is 0 Å². The highest BCUT2D eigenvalue weighted by atomic mass is 16.6. The molecule has 1 rings (SSSR count). The van der Waals surface area contributed by atoms with Crippen LogP contribution in [0.2, 0.25) is 0 Å². The molecule has 0 heterocycles. The van der Waals surface area contributed by atoms with Gasteiger partial charge in [-0.15, -0.1) is 0 Å². The molecule has 0 saturated heterocycles. The van der Waals surface area contributed by atoms with E-state index < -0.39 is 35.7 Å². The van der Waals surface area contributed by atoms with Gasteiger partial charge in [-0.3, -0.25) is 15.8 Å². The maximum absolute atomic E-state index is 11.8. The summed E-state index contributed by atoms with van der Waals surface area (Å²) in [6, 6.07) is 8.86. The van der Waals surface area contributed by atoms with Gasteiger partial charge in [0.1, 0.15) is 12.2 Å². The number of ether oxygens (including phenoxy) is 2. The molecule has 4 N–H and O–H groups in total. The van der Waals surface area contributed by atoms with Crippen LogP contribution in [-0.4, -0.2) is 34.4 Å². The lowest BCUT2D eigenvalue weighted by atomic mass is 10.1. The summed E-state index contributed by atoms with van der Waals surface area (Å²) in [6.07, 6.45) is -1.78. The molecule has 24 heavy (non-hydrogen) atoms. The highest BCUT2D eigenvalue weighted by molar-refractivity contribution is 5.88. The van der Waals surface area contributed by atoms with Crippen molar-refractivity contribution in [3.8, 4) is 0 Å². The first-order valence-electron chi connectivity index (χ1n) is 7.25. The third-order valence-corrected chi connectivity index (χ3v) is 2.77. The summed E-state index contributed by atoms with van der Waals surface area (Å²) >= 11 is 0. The van der Waals surface area contributed by atoms with Crippen LogP contribution in [0.15, 0.2) is 30.3 Å². The number of amides is 1. The molecule has 0 fully saturated rings. The van der Waals surface area contributed by atoms with Crippen LogP contribution in [0.4, 0.5) is 4.79 Å². The molecule has 0 saturated carbocycles. The van der Waals surface area contributed by atoms with E-state index in [-0.39, 0.29) is 6.61 Å². The number of alkyl carbamates (subject to hydrolysis) is 1. The second kappa shape index (κ2) is 7.78. The van der Waals surface area contributed by atoms with Gasteiger partial charge in [0.15, 0.2) is 0 Å². The van der Waals surface area contributed by atoms with Gasteiger partial charge in [0.05, 0.1) is 6.42 Å². The first-order valence-corrected chi connectivity index (χ1v) is 7.25. The standard InChI is InChI=1S/C16H22N2O6/c1-15(2,3)24-14(22)18-16(17,13(20)21)9-12(19)23-10-11-7-5-4-6-8-11/h4-8H,9-10,17H2,1-3H3,(H,18,22)(H,20,21). The van der Waals surface area contributed by atoms with Crippen molar-refractivity contribution in [3.05, 3.63) is 35.9 Å². The summed E-state index contributed by atoms with van der Waals surface area (Å²) in [7, 11) is 0. The summed E-state index contributed by atoms with van der Waals surface area (Å²) in [5, 5.41) is 11.2. The molecular formula is C16H22N2O6. The number of hydrogen-bond donors (Lipinski definition) is 3. The molecule has 1 unspecified atom stereocenters. The number of hydrogen-bond acceptors (Lipinski definition) is 6. The number of benzene rings is 1. The number of nitrogens with one attached hydrogen (secondary N) is 1. The highest BCUT2D eigenvalue weighted by Gasteiger charge is 2.40. The molecule has 0 bridgehead atoms. The van der Waals surface area contributed by atoms with Crippen LogP contribution >= 0.6 is 0 Å². The highest BCUT2D eigenvalue weighted by Crippen LogP contribution is 2.11. The van der Waals surface area contributed by atoms with Crippen molar-refractivity contribution in [3.63, 3.8) is 0 Å². The monoisotopic (exact) mass is 338 g/mol. The van der Waals surface area contributed by atoms with Gasteiger partial charge in [-0.25, -0.2) is 9.59 Å². The van der Waals surface area contributed by atoms with Crippen molar-refractivity contribution in [1.82, 2.24) is 5.32 Å². The average molecular weight is 338 g/mol. The topological polar surface area (TPSA) is 128 Å². The van der Waals surface area contributed by atoms with Crippen molar-refractivity contribution in [2.45, 2.75) is 45.1 Å². The molecule has 0 aliphatic heterocycles. The Morgan fingerprint density at radius 2 is 1.75 bits per heavy atom. The van der Waals surface area contributed by atoms with Gasteiger partial charge >= 0.3 is 18.0 Å². The lowest BCUT2D eigenvalue weighted by molar-refractivity contribution is -0.154. The summed E-state index contributed by atoms with van der Waals surface area (Å²) in [6.45, 7) is 4.81. The number of aliphatic carboxylic acids is 1. The third kappa shape index (κ3) is 6.66. The number of rotatable bonds is 6. The fourth-order valence-electron chi connectivity index (χ4n) is 1.68. The maximum atomic E-state index is 11.8. The number of carboxylic acid groups (broad SMARTS) is 1. The largest absolute Gasteiger partial charge is 0.478 e. The second-order valence-electron chi connectivity index (χ2n) is 6.23. The minimum absolute atomic E-state index is 0.0260. The average Bonchev–Trinajstić information content (AvgIpc) is 2.43. The molecular weight excluding hydrogens is 316 g/mol. The van der Waals surface area contributed by atoms with E-state index in [4.69, 9.17) is 15.2 Å². The molecule has 0 aliphatic carbocycles. The number of carbonyl (C=O) groups is 3. The van der Waals surface area contributed by atoms with Crippen LogP contribution in [0.3, 0.4) is 0 Å². The van der Waals surface area contributed by atoms with Crippen LogP contribution in [0.25, 0.3) is 0 Å². The van der Waals surface area contributed by atoms with Gasteiger partial charge in [-0.1, -0.05) is 30.3 Å². The Balaban J connectivity index is 2.65. The lowest BCUT2D eigenvalue weighted by Crippen LogP contribution is -2.63. The Bertz CT molecular complexity index is 596. The summed E-state index contributed by atoms with van der Waals surface area (Å²) in [5.74, 6) is -2.44. The smallest absolute Gasteiger partial charge is 0.409 e. The zero-order chi connectivity index (χ0) is 18.4. The zero-order valence-electron chi connectivity index (χ0n) is 13.9. The minimum Gasteiger partial charge on any atom is -0.478 e. The normalized spacial score (nSPS) is 13.5. The molecule has 1 amide bonds. The number of carbonyl (C=O) groups excluding carboxylic acids is 2. The van der Waals surface area contributed by atoms with Gasteiger partial charge in [0, 0.05) is 0 Å². The minimum atomic E-state index is -2.32. The summed E-state index contributed by atoms with van der Waals surface area (Å²) in [4.78, 5) is 34.9. The third-order valence-electron chi connectivity index (χ3n) is 2.77. The van der Waals surface area contributed by atoms with Crippen molar-refractivity contribution in [2.75, 3.05) is 0 Å². The molecule has 1 atom stereocenters. The second-order valence-corrected chi connectivity index (χ2v) is 6.23. The van der Waals surface area contributed by atoms with Crippen LogP contribution in [0, 0.1) is 0 Å². The summed E-state index contributed by atoms with van der Waals surface area (Å²) in [5.41, 5.74) is 3.20. The predicted molar refractivity (Wildman–Crippen MR) is 84.8 cm³/mol. The summed E-state index contributed by atoms with van der Waals surface area (Å²) < 4.78 is 9.93. The molecule has 0 aliphatic rings. The fourth-order valence-corrected chi connectivity index (χ4v) is 1.68. The van der Waals surface area contributed by atoms with E-state index in [1.807, 2.05) is 11.4 Å². The Kier molecular flexibility index (Phi) is 6.30. The fraction of sp³-hybridized carbons (Fsp3) is 0.438. The van der Waals surface area contributed by atoms with E-state index in [1.165, 1.54) is 0 Å². The van der Waals surface area contributed by atoms with E-state index in [9.17, 15) is 19.5 Å². The molecule has 0 aromatic heterocycles. The molecule has 8 heteroatoms. The molecule has 132 valence electrons. The van der Waals surface area contributed by atoms with Crippen LogP contribution < -0.4 is 11.1 Å². The van der Waals surface area contributed by atoms with Gasteiger partial charge < -0.3 is 14.6 Å². The Labute approximate surface area is 139 Å². The number of esters is 1. The van der Waals surface area contributed by atoms with Gasteiger partial charge in [-0.05, 0) is 26.3 Å². The first kappa shape index (κ1) is 19.4. The number of nitrogens with two attached hydrogens (primary N) is 1. The predicted octanol–water partition coefficient (Wildman–Crippen LogP) is 1.38. The van der Waals surface area contributed by atoms with Gasteiger partial charge in [0.25, 0.3) is 0 Å². The molecule has 1 aromatic rings. The molecule has 8 nitrogen and oxygen atoms in total. The Hall–Kier alpha value is -2.61. The van der Waals surface area contributed by atoms with E-state index in [1.54, 1.807) is 45.0 Å². The zero-order valence-corrected chi connectivity index (χ0v) is 13.9. The van der Waals surface area contributed by atoms with Crippen molar-refractivity contribution in [2.24, 2.45) is 5.73 Å². The van der Waals surface area contributed by atoms with E-state index >= 15 is 0 Å². The van der Waals surface area contributed by atoms with Gasteiger partial charge in [0.2, 0.25) is 5.66 Å². The Morgan fingerprint density at radius 1 is 1.17 bits per heavy atom. The quantitative estimate of drug-likeness (QED) is 0.528. The molecule has 0 radical (unpaired) electrons. The molecule has 0 spiro atoms. The van der Waals surface area contributed by atoms with Crippen molar-refractivity contribution in [1.29, 1.82) is 0 Å². The van der Waals surface area contributed by atoms with Crippen molar-refractivity contribution < 1.29 is 29.0 Å². The van der Waals surface area contributed by atoms with Crippen LogP contribution in [0.1, 0.15) is 32.8 Å². The number of carboxylic acids is 1. The maximum Gasteiger partial charge on any atom is 0.409 e. The first-order chi connectivity index (χ1) is 11.0. The Morgan fingerprint density at radius 3 is 2.25 bits per heavy atom. The lowest BCUT2D eigenvalue weighted by Gasteiger charge is -2.27. The SMILES string of the molecule is CC(C)(C)OC(=O)NC(N)(CC(=O)OCc1ccccc1)C(=O)O.